The molecule has 1 aliphatic heterocycles. The fraction of sp³-hybridized carbons (Fsp3) is 0.692. The molecule has 2 rings (SSSR count). The zero-order valence-electron chi connectivity index (χ0n) is 11.5. The third-order valence-electron chi connectivity index (χ3n) is 3.40. The molecule has 5 nitrogen and oxygen atoms in total. The van der Waals surface area contributed by atoms with Crippen LogP contribution in [0.5, 0.6) is 0 Å². The Bertz CT molecular complexity index is 408. The van der Waals surface area contributed by atoms with E-state index in [0.717, 1.165) is 30.2 Å². The molecule has 5 heteroatoms. The van der Waals surface area contributed by atoms with Gasteiger partial charge in [0.1, 0.15) is 18.0 Å². The maximum Gasteiger partial charge on any atom is 0.135 e. The van der Waals surface area contributed by atoms with Crippen LogP contribution in [0.3, 0.4) is 0 Å². The zero-order chi connectivity index (χ0) is 13.1. The van der Waals surface area contributed by atoms with Crippen LogP contribution in [-0.4, -0.2) is 35.8 Å². The molecule has 1 aromatic heterocycles. The van der Waals surface area contributed by atoms with Crippen molar-refractivity contribution in [3.63, 3.8) is 0 Å². The minimum Gasteiger partial charge on any atom is -0.376 e. The molecule has 1 fully saturated rings. The van der Waals surface area contributed by atoms with Crippen molar-refractivity contribution in [3.8, 4) is 0 Å². The predicted molar refractivity (Wildman–Crippen MR) is 73.1 cm³/mol. The molecule has 1 aromatic rings. The van der Waals surface area contributed by atoms with E-state index in [1.165, 1.54) is 0 Å². The number of nitrogens with zero attached hydrogens (tertiary/aromatic N) is 2. The Kier molecular flexibility index (Phi) is 4.01. The maximum atomic E-state index is 5.57. The van der Waals surface area contributed by atoms with Gasteiger partial charge in [0.15, 0.2) is 0 Å². The average molecular weight is 250 g/mol. The highest BCUT2D eigenvalue weighted by Crippen LogP contribution is 2.29. The van der Waals surface area contributed by atoms with Crippen LogP contribution in [0.1, 0.15) is 38.7 Å². The molecule has 0 bridgehead atoms. The molecule has 2 heterocycles. The van der Waals surface area contributed by atoms with Crippen LogP contribution in [0.25, 0.3) is 0 Å². The van der Waals surface area contributed by atoms with Crippen molar-refractivity contribution in [1.29, 1.82) is 0 Å². The molecular formula is C13H22N4O. The number of anilines is 2. The van der Waals surface area contributed by atoms with Crippen LogP contribution in [0.2, 0.25) is 0 Å². The molecule has 0 radical (unpaired) electrons. The molecule has 0 amide bonds. The molecule has 0 spiro atoms. The van der Waals surface area contributed by atoms with Crippen LogP contribution < -0.4 is 10.6 Å². The highest BCUT2D eigenvalue weighted by atomic mass is 16.5. The number of nitrogens with one attached hydrogen (secondary N) is 2. The van der Waals surface area contributed by atoms with Gasteiger partial charge in [0.25, 0.3) is 0 Å². The standard InChI is InChI=1S/C13H22N4O/c1-8(2)11-12(14-4)15-7-16-13(11)17-10-5-6-18-9(10)3/h7-10H,5-6H2,1-4H3,(H2,14,15,16,17). The Balaban J connectivity index is 2.26. The molecule has 1 aliphatic rings. The minimum atomic E-state index is 0.234. The zero-order valence-corrected chi connectivity index (χ0v) is 11.5. The first-order valence-electron chi connectivity index (χ1n) is 6.54. The van der Waals surface area contributed by atoms with E-state index in [-0.39, 0.29) is 6.10 Å². The summed E-state index contributed by atoms with van der Waals surface area (Å²) in [5, 5.41) is 6.63. The molecule has 0 aromatic carbocycles. The van der Waals surface area contributed by atoms with Crippen LogP contribution in [-0.2, 0) is 4.74 Å². The van der Waals surface area contributed by atoms with Crippen LogP contribution >= 0.6 is 0 Å². The topological polar surface area (TPSA) is 59.1 Å². The third-order valence-corrected chi connectivity index (χ3v) is 3.40. The molecule has 18 heavy (non-hydrogen) atoms. The molecule has 0 saturated carbocycles. The monoisotopic (exact) mass is 250 g/mol. The van der Waals surface area contributed by atoms with Crippen molar-refractivity contribution in [2.45, 2.75) is 45.3 Å². The van der Waals surface area contributed by atoms with Crippen molar-refractivity contribution in [3.05, 3.63) is 11.9 Å². The summed E-state index contributed by atoms with van der Waals surface area (Å²) >= 11 is 0. The molecule has 2 N–H and O–H groups in total. The number of rotatable bonds is 4. The van der Waals surface area contributed by atoms with Gasteiger partial charge < -0.3 is 15.4 Å². The molecule has 0 aliphatic carbocycles. The van der Waals surface area contributed by atoms with Crippen LogP contribution in [0.15, 0.2) is 6.33 Å². The van der Waals surface area contributed by atoms with E-state index in [0.29, 0.717) is 12.0 Å². The number of hydrogen-bond donors (Lipinski definition) is 2. The van der Waals surface area contributed by atoms with Gasteiger partial charge in [-0.25, -0.2) is 9.97 Å². The predicted octanol–water partition coefficient (Wildman–Crippen LogP) is 2.23. The lowest BCUT2D eigenvalue weighted by Crippen LogP contribution is -2.28. The first-order chi connectivity index (χ1) is 8.63. The first kappa shape index (κ1) is 13.1. The minimum absolute atomic E-state index is 0.234. The highest BCUT2D eigenvalue weighted by molar-refractivity contribution is 5.59. The van der Waals surface area contributed by atoms with E-state index in [9.17, 15) is 0 Å². The van der Waals surface area contributed by atoms with Crippen molar-refractivity contribution in [2.24, 2.45) is 0 Å². The van der Waals surface area contributed by atoms with E-state index < -0.39 is 0 Å². The quantitative estimate of drug-likeness (QED) is 0.858. The summed E-state index contributed by atoms with van der Waals surface area (Å²) in [6.45, 7) is 7.22. The van der Waals surface area contributed by atoms with E-state index in [1.54, 1.807) is 6.33 Å². The molecule has 100 valence electrons. The SMILES string of the molecule is CNc1ncnc(NC2CCOC2C)c1C(C)C. The highest BCUT2D eigenvalue weighted by Gasteiger charge is 2.26. The summed E-state index contributed by atoms with van der Waals surface area (Å²) in [6, 6.07) is 0.335. The fourth-order valence-corrected chi connectivity index (χ4v) is 2.35. The molecule has 1 saturated heterocycles. The first-order valence-corrected chi connectivity index (χ1v) is 6.54. The van der Waals surface area contributed by atoms with Crippen molar-refractivity contribution < 1.29 is 4.74 Å². The second kappa shape index (κ2) is 5.52. The van der Waals surface area contributed by atoms with Gasteiger partial charge in [-0.3, -0.25) is 0 Å². The molecule has 2 unspecified atom stereocenters. The second-order valence-corrected chi connectivity index (χ2v) is 5.00. The van der Waals surface area contributed by atoms with Gasteiger partial charge in [0.05, 0.1) is 12.1 Å². The van der Waals surface area contributed by atoms with E-state index in [2.05, 4.69) is 41.4 Å². The van der Waals surface area contributed by atoms with Gasteiger partial charge in [-0.1, -0.05) is 13.8 Å². The van der Waals surface area contributed by atoms with Gasteiger partial charge in [-0.2, -0.15) is 0 Å². The fourth-order valence-electron chi connectivity index (χ4n) is 2.35. The van der Waals surface area contributed by atoms with Gasteiger partial charge in [-0.15, -0.1) is 0 Å². The van der Waals surface area contributed by atoms with Gasteiger partial charge in [0, 0.05) is 19.2 Å². The van der Waals surface area contributed by atoms with Crippen molar-refractivity contribution >= 4 is 11.6 Å². The number of hydrogen-bond acceptors (Lipinski definition) is 5. The molecule has 2 atom stereocenters. The third kappa shape index (κ3) is 2.56. The maximum absolute atomic E-state index is 5.57. The Morgan fingerprint density at radius 3 is 2.61 bits per heavy atom. The lowest BCUT2D eigenvalue weighted by atomic mass is 10.0. The summed E-state index contributed by atoms with van der Waals surface area (Å²) < 4.78 is 5.57. The lowest BCUT2D eigenvalue weighted by Gasteiger charge is -2.21. The van der Waals surface area contributed by atoms with E-state index in [4.69, 9.17) is 4.74 Å². The number of aromatic nitrogens is 2. The second-order valence-electron chi connectivity index (χ2n) is 5.00. The average Bonchev–Trinajstić information content (AvgIpc) is 2.74. The summed E-state index contributed by atoms with van der Waals surface area (Å²) in [5.74, 6) is 2.19. The largest absolute Gasteiger partial charge is 0.376 e. The van der Waals surface area contributed by atoms with Gasteiger partial charge >= 0.3 is 0 Å². The van der Waals surface area contributed by atoms with Crippen molar-refractivity contribution in [1.82, 2.24) is 9.97 Å². The summed E-state index contributed by atoms with van der Waals surface area (Å²) in [6.07, 6.45) is 2.86. The van der Waals surface area contributed by atoms with Crippen LogP contribution in [0, 0.1) is 0 Å². The Labute approximate surface area is 108 Å². The Hall–Kier alpha value is -1.36. The normalized spacial score (nSPS) is 23.4. The summed E-state index contributed by atoms with van der Waals surface area (Å²) in [4.78, 5) is 8.67. The number of ether oxygens (including phenoxy) is 1. The Morgan fingerprint density at radius 2 is 2.06 bits per heavy atom. The Morgan fingerprint density at radius 1 is 1.33 bits per heavy atom. The van der Waals surface area contributed by atoms with Gasteiger partial charge in [-0.05, 0) is 19.3 Å². The van der Waals surface area contributed by atoms with Crippen LogP contribution in [0.4, 0.5) is 11.6 Å². The van der Waals surface area contributed by atoms with Crippen molar-refractivity contribution in [2.75, 3.05) is 24.3 Å². The summed E-state index contributed by atoms with van der Waals surface area (Å²) in [5.41, 5.74) is 1.14. The van der Waals surface area contributed by atoms with E-state index in [1.807, 2.05) is 7.05 Å². The molecular weight excluding hydrogens is 228 g/mol. The van der Waals surface area contributed by atoms with E-state index >= 15 is 0 Å². The smallest absolute Gasteiger partial charge is 0.135 e. The van der Waals surface area contributed by atoms with Gasteiger partial charge in [0.2, 0.25) is 0 Å². The summed E-state index contributed by atoms with van der Waals surface area (Å²) in [7, 11) is 1.89. The lowest BCUT2D eigenvalue weighted by molar-refractivity contribution is 0.121.